The van der Waals surface area contributed by atoms with Crippen LogP contribution in [0, 0.1) is 0 Å². The lowest BCUT2D eigenvalue weighted by Gasteiger charge is -2.13. The van der Waals surface area contributed by atoms with Crippen molar-refractivity contribution in [1.82, 2.24) is 9.97 Å². The van der Waals surface area contributed by atoms with Crippen molar-refractivity contribution in [2.45, 2.75) is 19.6 Å². The van der Waals surface area contributed by atoms with Crippen molar-refractivity contribution < 1.29 is 4.74 Å². The third kappa shape index (κ3) is 3.18. The van der Waals surface area contributed by atoms with Gasteiger partial charge in [-0.2, -0.15) is 0 Å². The first-order valence-corrected chi connectivity index (χ1v) is 5.98. The molecule has 1 atom stereocenters. The van der Waals surface area contributed by atoms with Gasteiger partial charge in [0.15, 0.2) is 5.82 Å². The molecule has 0 saturated carbocycles. The van der Waals surface area contributed by atoms with Crippen LogP contribution in [-0.4, -0.2) is 9.97 Å². The van der Waals surface area contributed by atoms with Crippen molar-refractivity contribution in [2.75, 3.05) is 0 Å². The van der Waals surface area contributed by atoms with Crippen molar-refractivity contribution in [2.24, 2.45) is 5.73 Å². The van der Waals surface area contributed by atoms with Crippen molar-refractivity contribution in [3.05, 3.63) is 53.1 Å². The fraction of sp³-hybridized carbons (Fsp3) is 0.231. The highest BCUT2D eigenvalue weighted by molar-refractivity contribution is 6.30. The number of benzene rings is 1. The minimum absolute atomic E-state index is 0.143. The Morgan fingerprint density at radius 1 is 1.33 bits per heavy atom. The SMILES string of the molecule is C[C@@H](N)c1cc(Cl)ccc1OCc1ncccn1. The smallest absolute Gasteiger partial charge is 0.166 e. The third-order valence-electron chi connectivity index (χ3n) is 2.44. The molecule has 5 heteroatoms. The number of ether oxygens (including phenoxy) is 1. The van der Waals surface area contributed by atoms with Crippen LogP contribution in [0.2, 0.25) is 5.02 Å². The van der Waals surface area contributed by atoms with Crippen LogP contribution < -0.4 is 10.5 Å². The Hall–Kier alpha value is -1.65. The molecule has 94 valence electrons. The van der Waals surface area contributed by atoms with Gasteiger partial charge in [-0.1, -0.05) is 11.6 Å². The number of hydrogen-bond donors (Lipinski definition) is 1. The number of nitrogens with zero attached hydrogens (tertiary/aromatic N) is 2. The second-order valence-electron chi connectivity index (χ2n) is 3.92. The van der Waals surface area contributed by atoms with E-state index in [1.54, 1.807) is 24.5 Å². The molecule has 0 unspecified atom stereocenters. The minimum Gasteiger partial charge on any atom is -0.485 e. The zero-order valence-electron chi connectivity index (χ0n) is 10.0. The Morgan fingerprint density at radius 2 is 2.06 bits per heavy atom. The molecule has 0 spiro atoms. The predicted molar refractivity (Wildman–Crippen MR) is 70.4 cm³/mol. The summed E-state index contributed by atoms with van der Waals surface area (Å²) in [5, 5.41) is 0.644. The van der Waals surface area contributed by atoms with Gasteiger partial charge in [-0.05, 0) is 31.2 Å². The predicted octanol–water partition coefficient (Wildman–Crippen LogP) is 2.73. The summed E-state index contributed by atoms with van der Waals surface area (Å²) >= 11 is 5.94. The van der Waals surface area contributed by atoms with E-state index in [0.717, 1.165) is 5.56 Å². The minimum atomic E-state index is -0.143. The second kappa shape index (κ2) is 5.80. The summed E-state index contributed by atoms with van der Waals surface area (Å²) in [5.41, 5.74) is 6.76. The van der Waals surface area contributed by atoms with Crippen molar-refractivity contribution in [3.63, 3.8) is 0 Å². The molecule has 0 amide bonds. The quantitative estimate of drug-likeness (QED) is 0.921. The number of hydrogen-bond acceptors (Lipinski definition) is 4. The van der Waals surface area contributed by atoms with E-state index < -0.39 is 0 Å². The summed E-state index contributed by atoms with van der Waals surface area (Å²) in [7, 11) is 0. The molecular weight excluding hydrogens is 250 g/mol. The topological polar surface area (TPSA) is 61.0 Å². The molecule has 0 aliphatic carbocycles. The van der Waals surface area contributed by atoms with Crippen LogP contribution in [0.4, 0.5) is 0 Å². The van der Waals surface area contributed by atoms with E-state index in [9.17, 15) is 0 Å². The average Bonchev–Trinajstić information content (AvgIpc) is 2.38. The molecule has 18 heavy (non-hydrogen) atoms. The summed E-state index contributed by atoms with van der Waals surface area (Å²) in [4.78, 5) is 8.18. The van der Waals surface area contributed by atoms with Gasteiger partial charge in [-0.3, -0.25) is 0 Å². The largest absolute Gasteiger partial charge is 0.485 e. The van der Waals surface area contributed by atoms with Gasteiger partial charge in [-0.25, -0.2) is 9.97 Å². The lowest BCUT2D eigenvalue weighted by molar-refractivity contribution is 0.291. The molecule has 0 aliphatic heterocycles. The van der Waals surface area contributed by atoms with Crippen LogP contribution in [0.25, 0.3) is 0 Å². The molecule has 2 aromatic rings. The molecule has 0 radical (unpaired) electrons. The molecule has 0 bridgehead atoms. The maximum Gasteiger partial charge on any atom is 0.166 e. The lowest BCUT2D eigenvalue weighted by atomic mass is 10.1. The maximum atomic E-state index is 5.94. The van der Waals surface area contributed by atoms with E-state index in [2.05, 4.69) is 9.97 Å². The Labute approximate surface area is 111 Å². The van der Waals surface area contributed by atoms with Gasteiger partial charge in [-0.15, -0.1) is 0 Å². The summed E-state index contributed by atoms with van der Waals surface area (Å²) in [6.07, 6.45) is 3.36. The Balaban J connectivity index is 2.14. The number of aromatic nitrogens is 2. The maximum absolute atomic E-state index is 5.94. The highest BCUT2D eigenvalue weighted by atomic mass is 35.5. The highest BCUT2D eigenvalue weighted by Crippen LogP contribution is 2.27. The highest BCUT2D eigenvalue weighted by Gasteiger charge is 2.09. The molecule has 0 fully saturated rings. The van der Waals surface area contributed by atoms with E-state index in [0.29, 0.717) is 23.2 Å². The molecule has 4 nitrogen and oxygen atoms in total. The fourth-order valence-electron chi connectivity index (χ4n) is 1.55. The second-order valence-corrected chi connectivity index (χ2v) is 4.36. The van der Waals surface area contributed by atoms with Crippen molar-refractivity contribution in [3.8, 4) is 5.75 Å². The number of rotatable bonds is 4. The van der Waals surface area contributed by atoms with Crippen molar-refractivity contribution >= 4 is 11.6 Å². The fourth-order valence-corrected chi connectivity index (χ4v) is 1.73. The van der Waals surface area contributed by atoms with Crippen LogP contribution in [0.15, 0.2) is 36.7 Å². The van der Waals surface area contributed by atoms with E-state index in [1.807, 2.05) is 19.1 Å². The van der Waals surface area contributed by atoms with Crippen LogP contribution in [0.3, 0.4) is 0 Å². The molecule has 2 rings (SSSR count). The normalized spacial score (nSPS) is 12.2. The monoisotopic (exact) mass is 263 g/mol. The molecule has 2 N–H and O–H groups in total. The van der Waals surface area contributed by atoms with Gasteiger partial charge in [0.25, 0.3) is 0 Å². The molecule has 0 saturated heterocycles. The molecule has 0 aliphatic rings. The van der Waals surface area contributed by atoms with Crippen molar-refractivity contribution in [1.29, 1.82) is 0 Å². The average molecular weight is 264 g/mol. The molecule has 1 aromatic carbocycles. The van der Waals surface area contributed by atoms with Crippen LogP contribution in [-0.2, 0) is 6.61 Å². The standard InChI is InChI=1S/C13H14ClN3O/c1-9(15)11-7-10(14)3-4-12(11)18-8-13-16-5-2-6-17-13/h2-7,9H,8,15H2,1H3/t9-/m1/s1. The Bertz CT molecular complexity index is 517. The van der Waals surface area contributed by atoms with Gasteiger partial charge >= 0.3 is 0 Å². The lowest BCUT2D eigenvalue weighted by Crippen LogP contribution is -2.09. The molecular formula is C13H14ClN3O. The zero-order chi connectivity index (χ0) is 13.0. The molecule has 1 aromatic heterocycles. The van der Waals surface area contributed by atoms with Gasteiger partial charge in [0, 0.05) is 29.0 Å². The third-order valence-corrected chi connectivity index (χ3v) is 2.67. The van der Waals surface area contributed by atoms with Gasteiger partial charge in [0.1, 0.15) is 12.4 Å². The van der Waals surface area contributed by atoms with E-state index in [4.69, 9.17) is 22.1 Å². The van der Waals surface area contributed by atoms with E-state index in [-0.39, 0.29) is 6.04 Å². The summed E-state index contributed by atoms with van der Waals surface area (Å²) < 4.78 is 5.68. The Kier molecular flexibility index (Phi) is 4.12. The van der Waals surface area contributed by atoms with Crippen LogP contribution >= 0.6 is 11.6 Å². The summed E-state index contributed by atoms with van der Waals surface area (Å²) in [5.74, 6) is 1.34. The number of halogens is 1. The van der Waals surface area contributed by atoms with Gasteiger partial charge in [0.05, 0.1) is 0 Å². The summed E-state index contributed by atoms with van der Waals surface area (Å²) in [6, 6.07) is 7.01. The first-order chi connectivity index (χ1) is 8.66. The van der Waals surface area contributed by atoms with Gasteiger partial charge < -0.3 is 10.5 Å². The first-order valence-electron chi connectivity index (χ1n) is 5.60. The first kappa shape index (κ1) is 12.8. The van der Waals surface area contributed by atoms with E-state index in [1.165, 1.54) is 0 Å². The van der Waals surface area contributed by atoms with Crippen LogP contribution in [0.1, 0.15) is 24.4 Å². The summed E-state index contributed by atoms with van der Waals surface area (Å²) in [6.45, 7) is 2.19. The number of nitrogens with two attached hydrogens (primary N) is 1. The van der Waals surface area contributed by atoms with Gasteiger partial charge in [0.2, 0.25) is 0 Å². The zero-order valence-corrected chi connectivity index (χ0v) is 10.8. The Morgan fingerprint density at radius 3 is 2.72 bits per heavy atom. The molecule has 1 heterocycles. The van der Waals surface area contributed by atoms with Crippen LogP contribution in [0.5, 0.6) is 5.75 Å². The van der Waals surface area contributed by atoms with E-state index >= 15 is 0 Å².